The van der Waals surface area contributed by atoms with Gasteiger partial charge in [-0.3, -0.25) is 9.59 Å². The molecule has 2 atom stereocenters. The third-order valence-corrected chi connectivity index (χ3v) is 3.71. The summed E-state index contributed by atoms with van der Waals surface area (Å²) in [4.78, 5) is 26.5. The number of rotatable bonds is 4. The zero-order chi connectivity index (χ0) is 11.0. The maximum absolute atomic E-state index is 11.4. The van der Waals surface area contributed by atoms with E-state index in [9.17, 15) is 9.59 Å². The van der Waals surface area contributed by atoms with Crippen molar-refractivity contribution in [2.24, 2.45) is 0 Å². The molecule has 2 heterocycles. The van der Waals surface area contributed by atoms with Crippen LogP contribution in [0.15, 0.2) is 0 Å². The molecule has 0 N–H and O–H groups in total. The first kappa shape index (κ1) is 10.8. The minimum Gasteiger partial charge on any atom is -0.335 e. The van der Waals surface area contributed by atoms with E-state index in [4.69, 9.17) is 0 Å². The first-order valence-electron chi connectivity index (χ1n) is 5.26. The van der Waals surface area contributed by atoms with E-state index < -0.39 is 0 Å². The summed E-state index contributed by atoms with van der Waals surface area (Å²) in [5.74, 6) is 1.22. The molecular formula is C10H16N2O2S. The van der Waals surface area contributed by atoms with Crippen LogP contribution in [0.25, 0.3) is 0 Å². The molecular weight excluding hydrogens is 212 g/mol. The molecule has 0 radical (unpaired) electrons. The molecule has 0 aromatic rings. The minimum absolute atomic E-state index is 0.166. The molecule has 4 nitrogen and oxygen atoms in total. The Morgan fingerprint density at radius 1 is 1.07 bits per heavy atom. The van der Waals surface area contributed by atoms with Gasteiger partial charge in [0.05, 0.1) is 11.5 Å². The van der Waals surface area contributed by atoms with Crippen molar-refractivity contribution in [1.29, 1.82) is 0 Å². The normalized spacial score (nSPS) is 27.9. The second kappa shape index (κ2) is 4.04. The standard InChI is InChI=1S/C10H16N2O2S/c1-7-3-11(7)9(13)5-15-6-10(14)12-4-8(12)2/h7-8H,3-6H2,1-2H3. The fourth-order valence-electron chi connectivity index (χ4n) is 1.56. The Morgan fingerprint density at radius 3 is 1.67 bits per heavy atom. The van der Waals surface area contributed by atoms with Crippen molar-refractivity contribution >= 4 is 23.6 Å². The highest BCUT2D eigenvalue weighted by Gasteiger charge is 2.35. The number of thioether (sulfide) groups is 1. The molecule has 2 aliphatic rings. The topological polar surface area (TPSA) is 40.2 Å². The highest BCUT2D eigenvalue weighted by Crippen LogP contribution is 2.20. The second-order valence-corrected chi connectivity index (χ2v) is 5.27. The highest BCUT2D eigenvalue weighted by molar-refractivity contribution is 8.00. The second-order valence-electron chi connectivity index (χ2n) is 4.28. The average molecular weight is 228 g/mol. The van der Waals surface area contributed by atoms with Crippen LogP contribution in [0.4, 0.5) is 0 Å². The number of nitrogens with zero attached hydrogens (tertiary/aromatic N) is 2. The third kappa shape index (κ3) is 2.65. The number of amides is 2. The summed E-state index contributed by atoms with van der Waals surface area (Å²) in [6, 6.07) is 0.835. The molecule has 2 amide bonds. The average Bonchev–Trinajstić information content (AvgIpc) is 3.05. The van der Waals surface area contributed by atoms with Gasteiger partial charge in [0.2, 0.25) is 11.8 Å². The van der Waals surface area contributed by atoms with Gasteiger partial charge in [0, 0.05) is 25.2 Å². The lowest BCUT2D eigenvalue weighted by molar-refractivity contribution is -0.123. The van der Waals surface area contributed by atoms with Gasteiger partial charge in [-0.15, -0.1) is 11.8 Å². The molecule has 15 heavy (non-hydrogen) atoms. The zero-order valence-electron chi connectivity index (χ0n) is 9.10. The fraction of sp³-hybridized carbons (Fsp3) is 0.800. The van der Waals surface area contributed by atoms with E-state index in [1.165, 1.54) is 11.8 Å². The van der Waals surface area contributed by atoms with Crippen molar-refractivity contribution < 1.29 is 9.59 Å². The van der Waals surface area contributed by atoms with E-state index in [-0.39, 0.29) is 11.8 Å². The molecule has 2 fully saturated rings. The van der Waals surface area contributed by atoms with Crippen LogP contribution < -0.4 is 0 Å². The van der Waals surface area contributed by atoms with Crippen molar-refractivity contribution in [1.82, 2.24) is 9.80 Å². The summed E-state index contributed by atoms with van der Waals surface area (Å²) >= 11 is 1.43. The van der Waals surface area contributed by atoms with Crippen molar-refractivity contribution in [3.8, 4) is 0 Å². The van der Waals surface area contributed by atoms with E-state index in [1.807, 2.05) is 23.6 Å². The Bertz CT molecular complexity index is 267. The molecule has 2 aliphatic heterocycles. The molecule has 0 aromatic carbocycles. The molecule has 2 unspecified atom stereocenters. The van der Waals surface area contributed by atoms with E-state index in [2.05, 4.69) is 0 Å². The van der Waals surface area contributed by atoms with Gasteiger partial charge in [-0.1, -0.05) is 0 Å². The largest absolute Gasteiger partial charge is 0.335 e. The van der Waals surface area contributed by atoms with Crippen LogP contribution in [-0.2, 0) is 9.59 Å². The zero-order valence-corrected chi connectivity index (χ0v) is 9.92. The molecule has 2 saturated heterocycles. The van der Waals surface area contributed by atoms with Crippen molar-refractivity contribution in [3.63, 3.8) is 0 Å². The lowest BCUT2D eigenvalue weighted by Crippen LogP contribution is -2.19. The summed E-state index contributed by atoms with van der Waals surface area (Å²) < 4.78 is 0. The first-order chi connectivity index (χ1) is 7.09. The van der Waals surface area contributed by atoms with Gasteiger partial charge >= 0.3 is 0 Å². The Labute approximate surface area is 94.0 Å². The van der Waals surface area contributed by atoms with Gasteiger partial charge in [0.15, 0.2) is 0 Å². The summed E-state index contributed by atoms with van der Waals surface area (Å²) in [5, 5.41) is 0. The molecule has 0 aromatic heterocycles. The van der Waals surface area contributed by atoms with Crippen molar-refractivity contribution in [2.75, 3.05) is 24.6 Å². The predicted molar refractivity (Wildman–Crippen MR) is 59.7 cm³/mol. The van der Waals surface area contributed by atoms with Gasteiger partial charge in [-0.05, 0) is 13.8 Å². The van der Waals surface area contributed by atoms with Gasteiger partial charge in [-0.2, -0.15) is 0 Å². The Balaban J connectivity index is 1.58. The van der Waals surface area contributed by atoms with Gasteiger partial charge in [-0.25, -0.2) is 0 Å². The predicted octanol–water partition coefficient (Wildman–Crippen LogP) is 0.181. The molecule has 0 saturated carbocycles. The lowest BCUT2D eigenvalue weighted by Gasteiger charge is -2.03. The fourth-order valence-corrected chi connectivity index (χ4v) is 2.34. The van der Waals surface area contributed by atoms with Crippen LogP contribution in [0.1, 0.15) is 13.8 Å². The Kier molecular flexibility index (Phi) is 2.91. The van der Waals surface area contributed by atoms with Crippen molar-refractivity contribution in [2.45, 2.75) is 25.9 Å². The van der Waals surface area contributed by atoms with Gasteiger partial charge in [0.25, 0.3) is 0 Å². The van der Waals surface area contributed by atoms with Gasteiger partial charge < -0.3 is 9.80 Å². The maximum atomic E-state index is 11.4. The quantitative estimate of drug-likeness (QED) is 0.645. The number of carbonyl (C=O) groups excluding carboxylic acids is 2. The maximum Gasteiger partial charge on any atom is 0.232 e. The summed E-state index contributed by atoms with van der Waals surface area (Å²) in [6.45, 7) is 5.84. The summed E-state index contributed by atoms with van der Waals surface area (Å²) in [7, 11) is 0. The number of hydrogen-bond donors (Lipinski definition) is 0. The third-order valence-electron chi connectivity index (χ3n) is 2.81. The molecule has 5 heteroatoms. The number of carbonyl (C=O) groups is 2. The van der Waals surface area contributed by atoms with E-state index in [0.29, 0.717) is 23.6 Å². The smallest absolute Gasteiger partial charge is 0.232 e. The number of hydrogen-bond acceptors (Lipinski definition) is 3. The van der Waals surface area contributed by atoms with Crippen LogP contribution in [0.5, 0.6) is 0 Å². The molecule has 0 bridgehead atoms. The minimum atomic E-state index is 0.166. The summed E-state index contributed by atoms with van der Waals surface area (Å²) in [6.07, 6.45) is 0. The summed E-state index contributed by atoms with van der Waals surface area (Å²) in [5.41, 5.74) is 0. The van der Waals surface area contributed by atoms with Crippen LogP contribution in [0.3, 0.4) is 0 Å². The van der Waals surface area contributed by atoms with E-state index in [0.717, 1.165) is 13.1 Å². The van der Waals surface area contributed by atoms with E-state index >= 15 is 0 Å². The first-order valence-corrected chi connectivity index (χ1v) is 6.41. The van der Waals surface area contributed by atoms with Crippen LogP contribution in [-0.4, -0.2) is 58.3 Å². The van der Waals surface area contributed by atoms with Crippen molar-refractivity contribution in [3.05, 3.63) is 0 Å². The van der Waals surface area contributed by atoms with Crippen LogP contribution in [0, 0.1) is 0 Å². The lowest BCUT2D eigenvalue weighted by atomic mass is 10.6. The highest BCUT2D eigenvalue weighted by atomic mass is 32.2. The Hall–Kier alpha value is -0.710. The SMILES string of the molecule is CC1CN1C(=O)CSCC(=O)N1CC1C. The molecule has 2 rings (SSSR count). The molecule has 0 aliphatic carbocycles. The molecule has 84 valence electrons. The molecule has 0 spiro atoms. The van der Waals surface area contributed by atoms with Crippen LogP contribution in [0.2, 0.25) is 0 Å². The monoisotopic (exact) mass is 228 g/mol. The van der Waals surface area contributed by atoms with E-state index in [1.54, 1.807) is 0 Å². The van der Waals surface area contributed by atoms with Crippen LogP contribution >= 0.6 is 11.8 Å². The Morgan fingerprint density at radius 2 is 1.40 bits per heavy atom. The van der Waals surface area contributed by atoms with Gasteiger partial charge in [0.1, 0.15) is 0 Å².